The van der Waals surface area contributed by atoms with Gasteiger partial charge in [-0.1, -0.05) is 37.0 Å². The Balaban J connectivity index is 0.000000557. The second-order valence-corrected chi connectivity index (χ2v) is 4.30. The summed E-state index contributed by atoms with van der Waals surface area (Å²) >= 11 is 11.4. The van der Waals surface area contributed by atoms with Gasteiger partial charge in [0.1, 0.15) is 5.56 Å². The molecule has 0 atom stereocenters. The lowest BCUT2D eigenvalue weighted by molar-refractivity contribution is 0.0693. The van der Waals surface area contributed by atoms with Gasteiger partial charge in [0, 0.05) is 0 Å². The van der Waals surface area contributed by atoms with Crippen molar-refractivity contribution in [1.29, 1.82) is 0 Å². The molecular weight excluding hydrogens is 265 g/mol. The molecule has 0 bridgehead atoms. The minimum Gasteiger partial charge on any atom is -0.494 e. The summed E-state index contributed by atoms with van der Waals surface area (Å²) < 4.78 is 4.82. The van der Waals surface area contributed by atoms with Crippen molar-refractivity contribution in [2.24, 2.45) is 5.73 Å². The Labute approximate surface area is 110 Å². The highest BCUT2D eigenvalue weighted by atomic mass is 35.5. The number of methoxy groups -OCH3 is 1. The van der Waals surface area contributed by atoms with E-state index in [1.165, 1.54) is 19.2 Å². The Morgan fingerprint density at radius 3 is 2.06 bits per heavy atom. The first-order valence-electron chi connectivity index (χ1n) is 4.82. The van der Waals surface area contributed by atoms with Crippen LogP contribution in [0, 0.1) is 0 Å². The maximum atomic E-state index is 10.7. The summed E-state index contributed by atoms with van der Waals surface area (Å²) in [6, 6.07) is 3.23. The smallest absolute Gasteiger partial charge is 0.341 e. The molecule has 0 aliphatic carbocycles. The SMILES string of the molecule is CC(C)N.COc1c(Cl)ccc(Cl)c1C(=O)O. The zero-order valence-corrected chi connectivity index (χ0v) is 11.3. The van der Waals surface area contributed by atoms with E-state index in [1.807, 2.05) is 13.8 Å². The maximum absolute atomic E-state index is 10.7. The molecule has 3 N–H and O–H groups in total. The lowest BCUT2D eigenvalue weighted by Gasteiger charge is -2.07. The van der Waals surface area contributed by atoms with Crippen molar-refractivity contribution in [1.82, 2.24) is 0 Å². The summed E-state index contributed by atoms with van der Waals surface area (Å²) in [6.45, 7) is 3.89. The summed E-state index contributed by atoms with van der Waals surface area (Å²) in [5.41, 5.74) is 5.00. The summed E-state index contributed by atoms with van der Waals surface area (Å²) in [4.78, 5) is 10.7. The molecule has 1 aromatic rings. The predicted molar refractivity (Wildman–Crippen MR) is 69.3 cm³/mol. The van der Waals surface area contributed by atoms with Crippen LogP contribution in [0.4, 0.5) is 0 Å². The zero-order valence-electron chi connectivity index (χ0n) is 9.83. The van der Waals surface area contributed by atoms with E-state index in [-0.39, 0.29) is 21.4 Å². The highest BCUT2D eigenvalue weighted by Crippen LogP contribution is 2.33. The highest BCUT2D eigenvalue weighted by molar-refractivity contribution is 6.36. The topological polar surface area (TPSA) is 72.5 Å². The molecule has 0 aliphatic heterocycles. The molecule has 1 rings (SSSR count). The molecule has 0 unspecified atom stereocenters. The third-order valence-electron chi connectivity index (χ3n) is 1.48. The minimum absolute atomic E-state index is 0.0849. The third-order valence-corrected chi connectivity index (χ3v) is 2.09. The molecule has 0 amide bonds. The van der Waals surface area contributed by atoms with Crippen LogP contribution in [-0.2, 0) is 0 Å². The molecule has 6 heteroatoms. The van der Waals surface area contributed by atoms with Crippen molar-refractivity contribution in [3.63, 3.8) is 0 Å². The predicted octanol–water partition coefficient (Wildman–Crippen LogP) is 3.05. The van der Waals surface area contributed by atoms with E-state index in [4.69, 9.17) is 38.8 Å². The highest BCUT2D eigenvalue weighted by Gasteiger charge is 2.17. The molecule has 0 saturated heterocycles. The molecular formula is C11H15Cl2NO3. The number of aromatic carboxylic acids is 1. The van der Waals surface area contributed by atoms with E-state index in [0.717, 1.165) is 0 Å². The maximum Gasteiger partial charge on any atom is 0.341 e. The molecule has 0 heterocycles. The van der Waals surface area contributed by atoms with Gasteiger partial charge in [-0.05, 0) is 18.2 Å². The van der Waals surface area contributed by atoms with Gasteiger partial charge < -0.3 is 15.6 Å². The van der Waals surface area contributed by atoms with E-state index >= 15 is 0 Å². The summed E-state index contributed by atoms with van der Waals surface area (Å²) in [6.07, 6.45) is 0. The molecule has 0 radical (unpaired) electrons. The molecule has 96 valence electrons. The van der Waals surface area contributed by atoms with Crippen LogP contribution < -0.4 is 10.5 Å². The first-order chi connectivity index (χ1) is 7.81. The number of ether oxygens (including phenoxy) is 1. The van der Waals surface area contributed by atoms with Crippen LogP contribution in [0.15, 0.2) is 12.1 Å². The van der Waals surface area contributed by atoms with Crippen molar-refractivity contribution < 1.29 is 14.6 Å². The first kappa shape index (κ1) is 16.0. The lowest BCUT2D eigenvalue weighted by Crippen LogP contribution is -2.06. The molecule has 0 fully saturated rings. The Kier molecular flexibility index (Phi) is 6.95. The van der Waals surface area contributed by atoms with Crippen LogP contribution in [0.3, 0.4) is 0 Å². The number of halogens is 2. The molecule has 0 spiro atoms. The van der Waals surface area contributed by atoms with Crippen molar-refractivity contribution in [2.75, 3.05) is 7.11 Å². The van der Waals surface area contributed by atoms with Gasteiger partial charge in [-0.15, -0.1) is 0 Å². The van der Waals surface area contributed by atoms with Crippen molar-refractivity contribution in [3.05, 3.63) is 27.7 Å². The number of carbonyl (C=O) groups is 1. The molecule has 1 aromatic carbocycles. The number of carboxylic acid groups (broad SMARTS) is 1. The average molecular weight is 280 g/mol. The number of hydrogen-bond acceptors (Lipinski definition) is 3. The summed E-state index contributed by atoms with van der Waals surface area (Å²) in [5.74, 6) is -1.08. The fourth-order valence-electron chi connectivity index (χ4n) is 0.932. The van der Waals surface area contributed by atoms with Crippen LogP contribution in [0.2, 0.25) is 10.0 Å². The number of rotatable bonds is 2. The van der Waals surface area contributed by atoms with Crippen LogP contribution >= 0.6 is 23.2 Å². The van der Waals surface area contributed by atoms with Gasteiger partial charge >= 0.3 is 5.97 Å². The quantitative estimate of drug-likeness (QED) is 0.873. The molecule has 17 heavy (non-hydrogen) atoms. The fraction of sp³-hybridized carbons (Fsp3) is 0.364. The zero-order chi connectivity index (χ0) is 13.6. The van der Waals surface area contributed by atoms with Crippen molar-refractivity contribution in [2.45, 2.75) is 19.9 Å². The normalized spacial score (nSPS) is 9.59. The fourth-order valence-corrected chi connectivity index (χ4v) is 1.40. The molecule has 4 nitrogen and oxygen atoms in total. The Morgan fingerprint density at radius 2 is 1.76 bits per heavy atom. The van der Waals surface area contributed by atoms with E-state index in [2.05, 4.69) is 0 Å². The van der Waals surface area contributed by atoms with Crippen molar-refractivity contribution >= 4 is 29.2 Å². The number of hydrogen-bond donors (Lipinski definition) is 2. The van der Waals surface area contributed by atoms with Gasteiger partial charge in [0.2, 0.25) is 0 Å². The van der Waals surface area contributed by atoms with E-state index in [9.17, 15) is 4.79 Å². The van der Waals surface area contributed by atoms with E-state index < -0.39 is 5.97 Å². The molecule has 0 aliphatic rings. The monoisotopic (exact) mass is 279 g/mol. The summed E-state index contributed by atoms with van der Waals surface area (Å²) in [7, 11) is 1.34. The van der Waals surface area contributed by atoms with Gasteiger partial charge in [0.05, 0.1) is 17.2 Å². The van der Waals surface area contributed by atoms with Crippen LogP contribution in [-0.4, -0.2) is 24.2 Å². The standard InChI is InChI=1S/C8H6Cl2O3.C3H9N/c1-13-7-5(10)3-2-4(9)6(7)8(11)12;1-3(2)4/h2-3H,1H3,(H,11,12);3H,4H2,1-2H3. The first-order valence-corrected chi connectivity index (χ1v) is 5.57. The molecule has 0 aromatic heterocycles. The van der Waals surface area contributed by atoms with Crippen molar-refractivity contribution in [3.8, 4) is 5.75 Å². The van der Waals surface area contributed by atoms with Gasteiger partial charge in [-0.25, -0.2) is 4.79 Å². The Hall–Kier alpha value is -0.970. The Bertz CT molecular complexity index is 392. The van der Waals surface area contributed by atoms with E-state index in [0.29, 0.717) is 6.04 Å². The van der Waals surface area contributed by atoms with Gasteiger partial charge in [0.25, 0.3) is 0 Å². The number of nitrogens with two attached hydrogens (primary N) is 1. The third kappa shape index (κ3) is 5.26. The van der Waals surface area contributed by atoms with Gasteiger partial charge in [-0.2, -0.15) is 0 Å². The second-order valence-electron chi connectivity index (χ2n) is 3.49. The summed E-state index contributed by atoms with van der Waals surface area (Å²) in [5, 5.41) is 9.11. The van der Waals surface area contributed by atoms with Crippen LogP contribution in [0.25, 0.3) is 0 Å². The van der Waals surface area contributed by atoms with E-state index in [1.54, 1.807) is 0 Å². The van der Waals surface area contributed by atoms with Crippen LogP contribution in [0.5, 0.6) is 5.75 Å². The number of carboxylic acids is 1. The minimum atomic E-state index is -1.16. The Morgan fingerprint density at radius 1 is 1.35 bits per heavy atom. The largest absolute Gasteiger partial charge is 0.494 e. The molecule has 0 saturated carbocycles. The van der Waals surface area contributed by atoms with Crippen LogP contribution in [0.1, 0.15) is 24.2 Å². The van der Waals surface area contributed by atoms with Gasteiger partial charge in [-0.3, -0.25) is 0 Å². The second kappa shape index (κ2) is 7.37. The lowest BCUT2D eigenvalue weighted by atomic mass is 10.2. The average Bonchev–Trinajstić information content (AvgIpc) is 2.19. The van der Waals surface area contributed by atoms with Gasteiger partial charge in [0.15, 0.2) is 5.75 Å². The number of benzene rings is 1.